The van der Waals surface area contributed by atoms with Gasteiger partial charge in [0.25, 0.3) is 0 Å². The van der Waals surface area contributed by atoms with Gasteiger partial charge in [0.15, 0.2) is 0 Å². The molecule has 0 aliphatic rings. The number of alkyl halides is 1. The molecule has 2 atom stereocenters. The minimum atomic E-state index is -0.688. The third-order valence-corrected chi connectivity index (χ3v) is 7.86. The van der Waals surface area contributed by atoms with Crippen LogP contribution < -0.4 is 0 Å². The van der Waals surface area contributed by atoms with E-state index in [0.717, 1.165) is 44.1 Å². The fourth-order valence-electron chi connectivity index (χ4n) is 5.56. The van der Waals surface area contributed by atoms with Crippen molar-refractivity contribution in [1.29, 1.82) is 0 Å². The van der Waals surface area contributed by atoms with Gasteiger partial charge in [0, 0.05) is 0 Å². The molecule has 0 amide bonds. The van der Waals surface area contributed by atoms with Crippen LogP contribution in [0.5, 0.6) is 0 Å². The van der Waals surface area contributed by atoms with Gasteiger partial charge in [-0.05, 0) is 103 Å². The van der Waals surface area contributed by atoms with E-state index in [1.165, 1.54) is 45.4 Å². The van der Waals surface area contributed by atoms with Crippen molar-refractivity contribution >= 4 is 11.6 Å². The Morgan fingerprint density at radius 1 is 0.875 bits per heavy atom. The van der Waals surface area contributed by atoms with Crippen LogP contribution in [-0.2, 0) is 24.7 Å². The fraction of sp³-hybridized carbons (Fsp3) is 0.436. The molecule has 0 spiro atoms. The SMILES string of the molecule is C=C(Cc1ccc(/C=C/CCc2ccc(C)cc2C(C)(C)C)cc1)c1ccc(CCCCC(C)CC(C)F)cc1. The molecule has 3 aromatic carbocycles. The van der Waals surface area contributed by atoms with E-state index in [4.69, 9.17) is 0 Å². The first kappa shape index (κ1) is 31.6. The van der Waals surface area contributed by atoms with Gasteiger partial charge in [-0.1, -0.05) is 132 Å². The average molecular weight is 539 g/mol. The zero-order chi connectivity index (χ0) is 29.1. The summed E-state index contributed by atoms with van der Waals surface area (Å²) in [5.74, 6) is 0.474. The van der Waals surface area contributed by atoms with E-state index in [-0.39, 0.29) is 5.41 Å². The Morgan fingerprint density at radius 3 is 2.20 bits per heavy atom. The van der Waals surface area contributed by atoms with Crippen LogP contribution in [0, 0.1) is 12.8 Å². The summed E-state index contributed by atoms with van der Waals surface area (Å²) < 4.78 is 13.1. The lowest BCUT2D eigenvalue weighted by molar-refractivity contribution is 0.287. The van der Waals surface area contributed by atoms with Crippen molar-refractivity contribution in [3.63, 3.8) is 0 Å². The summed E-state index contributed by atoms with van der Waals surface area (Å²) in [5.41, 5.74) is 10.7. The molecule has 0 nitrogen and oxygen atoms in total. The topological polar surface area (TPSA) is 0 Å². The predicted molar refractivity (Wildman–Crippen MR) is 175 cm³/mol. The molecule has 214 valence electrons. The summed E-state index contributed by atoms with van der Waals surface area (Å²) in [6.45, 7) is 17.3. The lowest BCUT2D eigenvalue weighted by atomic mass is 9.82. The number of hydrogen-bond acceptors (Lipinski definition) is 0. The standard InChI is InChI=1S/C39H51F/c1-29(26-32(4)40)12-8-9-13-34-21-24-36(25-22-34)31(3)28-35-19-17-33(18-20-35)14-10-11-15-37-23-16-30(2)27-38(37)39(5,6)7/h10,14,16-25,27,29,32H,3,8-9,11-13,15,26,28H2,1-2,4-7H3/b14-10+. The Morgan fingerprint density at radius 2 is 1.55 bits per heavy atom. The first-order valence-corrected chi connectivity index (χ1v) is 15.3. The Hall–Kier alpha value is -2.93. The third kappa shape index (κ3) is 10.6. The predicted octanol–water partition coefficient (Wildman–Crippen LogP) is 11.3. The van der Waals surface area contributed by atoms with Gasteiger partial charge < -0.3 is 0 Å². The molecule has 0 bridgehead atoms. The average Bonchev–Trinajstić information content (AvgIpc) is 2.90. The third-order valence-electron chi connectivity index (χ3n) is 7.86. The van der Waals surface area contributed by atoms with Gasteiger partial charge in [-0.2, -0.15) is 0 Å². The summed E-state index contributed by atoms with van der Waals surface area (Å²) in [6, 6.07) is 24.7. The van der Waals surface area contributed by atoms with Gasteiger partial charge in [-0.15, -0.1) is 0 Å². The zero-order valence-corrected chi connectivity index (χ0v) is 25.9. The monoisotopic (exact) mass is 538 g/mol. The van der Waals surface area contributed by atoms with Gasteiger partial charge in [0.05, 0.1) is 6.17 Å². The maximum absolute atomic E-state index is 13.1. The van der Waals surface area contributed by atoms with Gasteiger partial charge in [0.1, 0.15) is 0 Å². The Kier molecular flexibility index (Phi) is 12.0. The maximum atomic E-state index is 13.1. The molecule has 0 aromatic heterocycles. The molecule has 3 rings (SSSR count). The highest BCUT2D eigenvalue weighted by molar-refractivity contribution is 5.66. The van der Waals surface area contributed by atoms with Crippen molar-refractivity contribution in [1.82, 2.24) is 0 Å². The second-order valence-corrected chi connectivity index (χ2v) is 12.9. The highest BCUT2D eigenvalue weighted by Gasteiger charge is 2.17. The highest BCUT2D eigenvalue weighted by atomic mass is 19.1. The van der Waals surface area contributed by atoms with Crippen LogP contribution in [0.3, 0.4) is 0 Å². The quantitative estimate of drug-likeness (QED) is 0.179. The molecule has 0 saturated heterocycles. The lowest BCUT2D eigenvalue weighted by Crippen LogP contribution is -2.14. The first-order chi connectivity index (χ1) is 19.0. The van der Waals surface area contributed by atoms with Crippen LogP contribution in [0.15, 0.2) is 79.4 Å². The minimum Gasteiger partial charge on any atom is -0.248 e. The molecule has 3 aromatic rings. The molecule has 0 aliphatic carbocycles. The van der Waals surface area contributed by atoms with Crippen LogP contribution in [0.2, 0.25) is 0 Å². The molecule has 1 heteroatoms. The van der Waals surface area contributed by atoms with Crippen molar-refractivity contribution in [2.24, 2.45) is 5.92 Å². The number of aryl methyl sites for hydroxylation is 3. The largest absolute Gasteiger partial charge is 0.248 e. The van der Waals surface area contributed by atoms with Gasteiger partial charge >= 0.3 is 0 Å². The minimum absolute atomic E-state index is 0.169. The van der Waals surface area contributed by atoms with E-state index in [2.05, 4.69) is 120 Å². The van der Waals surface area contributed by atoms with Crippen molar-refractivity contribution in [3.05, 3.63) is 118 Å². The number of unbranched alkanes of at least 4 members (excludes halogenated alkanes) is 1. The Labute approximate surface area is 244 Å². The maximum Gasteiger partial charge on any atom is 0.0976 e. The molecule has 2 unspecified atom stereocenters. The van der Waals surface area contributed by atoms with Crippen LogP contribution >= 0.6 is 0 Å². The second-order valence-electron chi connectivity index (χ2n) is 12.9. The molecular weight excluding hydrogens is 487 g/mol. The van der Waals surface area contributed by atoms with Gasteiger partial charge in [-0.3, -0.25) is 0 Å². The van der Waals surface area contributed by atoms with Crippen molar-refractivity contribution in [2.75, 3.05) is 0 Å². The Balaban J connectivity index is 1.44. The van der Waals surface area contributed by atoms with E-state index < -0.39 is 6.17 Å². The summed E-state index contributed by atoms with van der Waals surface area (Å²) in [4.78, 5) is 0. The lowest BCUT2D eigenvalue weighted by Gasteiger charge is -2.23. The van der Waals surface area contributed by atoms with Crippen molar-refractivity contribution < 1.29 is 4.39 Å². The van der Waals surface area contributed by atoms with Gasteiger partial charge in [0.2, 0.25) is 0 Å². The molecular formula is C39H51F. The fourth-order valence-corrected chi connectivity index (χ4v) is 5.56. The zero-order valence-electron chi connectivity index (χ0n) is 25.9. The molecule has 0 saturated carbocycles. The first-order valence-electron chi connectivity index (χ1n) is 15.3. The molecule has 0 fully saturated rings. The van der Waals surface area contributed by atoms with E-state index >= 15 is 0 Å². The smallest absolute Gasteiger partial charge is 0.0976 e. The number of hydrogen-bond donors (Lipinski definition) is 0. The summed E-state index contributed by atoms with van der Waals surface area (Å²) in [7, 11) is 0. The van der Waals surface area contributed by atoms with Crippen molar-refractivity contribution in [3.8, 4) is 0 Å². The number of allylic oxidation sites excluding steroid dienone is 2. The van der Waals surface area contributed by atoms with E-state index in [0.29, 0.717) is 12.3 Å². The molecule has 0 radical (unpaired) electrons. The number of halogens is 1. The molecule has 40 heavy (non-hydrogen) atoms. The Bertz CT molecular complexity index is 1220. The van der Waals surface area contributed by atoms with Crippen LogP contribution in [0.1, 0.15) is 106 Å². The van der Waals surface area contributed by atoms with Crippen LogP contribution in [0.4, 0.5) is 4.39 Å². The summed E-state index contributed by atoms with van der Waals surface area (Å²) in [5, 5.41) is 0. The van der Waals surface area contributed by atoms with E-state index in [1.807, 2.05) is 0 Å². The summed E-state index contributed by atoms with van der Waals surface area (Å²) >= 11 is 0. The van der Waals surface area contributed by atoms with E-state index in [9.17, 15) is 4.39 Å². The van der Waals surface area contributed by atoms with Crippen molar-refractivity contribution in [2.45, 2.75) is 104 Å². The highest BCUT2D eigenvalue weighted by Crippen LogP contribution is 2.28. The van der Waals surface area contributed by atoms with Crippen LogP contribution in [-0.4, -0.2) is 6.17 Å². The van der Waals surface area contributed by atoms with Crippen LogP contribution in [0.25, 0.3) is 11.6 Å². The number of rotatable bonds is 14. The second kappa shape index (κ2) is 15.2. The van der Waals surface area contributed by atoms with E-state index in [1.54, 1.807) is 6.92 Å². The molecule has 0 aliphatic heterocycles. The number of benzene rings is 3. The normalized spacial score (nSPS) is 13.5. The molecule has 0 N–H and O–H groups in total. The molecule has 0 heterocycles. The summed E-state index contributed by atoms with van der Waals surface area (Å²) in [6.07, 6.45) is 12.0. The van der Waals surface area contributed by atoms with Gasteiger partial charge in [-0.25, -0.2) is 4.39 Å².